The number of benzene rings is 1. The molecule has 1 aliphatic heterocycles. The van der Waals surface area contributed by atoms with Gasteiger partial charge in [0.2, 0.25) is 0 Å². The van der Waals surface area contributed by atoms with Crippen LogP contribution in [0.1, 0.15) is 22.8 Å². The van der Waals surface area contributed by atoms with E-state index in [2.05, 4.69) is 0 Å². The molecule has 6 nitrogen and oxygen atoms in total. The fraction of sp³-hybridized carbons (Fsp3) is 0.429. The Balaban J connectivity index is 2.46. The van der Waals surface area contributed by atoms with Crippen LogP contribution in [0.3, 0.4) is 0 Å². The van der Waals surface area contributed by atoms with Gasteiger partial charge < -0.3 is 18.9 Å². The van der Waals surface area contributed by atoms with Crippen LogP contribution < -0.4 is 9.47 Å². The smallest absolute Gasteiger partial charge is 0.379 e. The van der Waals surface area contributed by atoms with Gasteiger partial charge in [-0.05, 0) is 18.6 Å². The van der Waals surface area contributed by atoms with Crippen molar-refractivity contribution in [3.8, 4) is 11.5 Å². The van der Waals surface area contributed by atoms with E-state index in [1.807, 2.05) is 0 Å². The van der Waals surface area contributed by atoms with Gasteiger partial charge in [0.25, 0.3) is 5.78 Å². The lowest BCUT2D eigenvalue weighted by Gasteiger charge is -2.22. The normalized spacial score (nSPS) is 12.9. The van der Waals surface area contributed by atoms with E-state index in [-0.39, 0.29) is 24.5 Å². The van der Waals surface area contributed by atoms with E-state index < -0.39 is 11.8 Å². The molecular weight excluding hydrogens is 264 g/mol. The minimum Gasteiger partial charge on any atom is -0.486 e. The summed E-state index contributed by atoms with van der Waals surface area (Å²) in [5, 5.41) is 0. The molecule has 0 spiro atoms. The predicted molar refractivity (Wildman–Crippen MR) is 69.1 cm³/mol. The second-order valence-electron chi connectivity index (χ2n) is 4.11. The van der Waals surface area contributed by atoms with Gasteiger partial charge in [-0.3, -0.25) is 4.79 Å². The average molecular weight is 280 g/mol. The highest BCUT2D eigenvalue weighted by molar-refractivity contribution is 6.41. The Hall–Kier alpha value is -2.08. The lowest BCUT2D eigenvalue weighted by atomic mass is 10.0. The summed E-state index contributed by atoms with van der Waals surface area (Å²) in [6.45, 7) is 2.70. The quantitative estimate of drug-likeness (QED) is 0.460. The third-order valence-electron chi connectivity index (χ3n) is 2.78. The maximum atomic E-state index is 12.2. The predicted octanol–water partition coefficient (Wildman–Crippen LogP) is 1.35. The molecule has 0 unspecified atom stereocenters. The zero-order valence-corrected chi connectivity index (χ0v) is 11.4. The lowest BCUT2D eigenvalue weighted by molar-refractivity contribution is -0.137. The fourth-order valence-corrected chi connectivity index (χ4v) is 1.98. The third kappa shape index (κ3) is 2.75. The first kappa shape index (κ1) is 14.3. The van der Waals surface area contributed by atoms with Gasteiger partial charge in [0.1, 0.15) is 13.2 Å². The molecule has 0 atom stereocenters. The number of rotatable bonds is 5. The fourth-order valence-electron chi connectivity index (χ4n) is 1.98. The number of esters is 1. The van der Waals surface area contributed by atoms with E-state index in [0.29, 0.717) is 24.5 Å². The minimum absolute atomic E-state index is 0.135. The molecule has 108 valence electrons. The summed E-state index contributed by atoms with van der Waals surface area (Å²) in [6.07, 6.45) is 0. The maximum Gasteiger partial charge on any atom is 0.379 e. The van der Waals surface area contributed by atoms with Crippen molar-refractivity contribution in [3.63, 3.8) is 0 Å². The van der Waals surface area contributed by atoms with Gasteiger partial charge in [-0.25, -0.2) is 4.79 Å². The highest BCUT2D eigenvalue weighted by atomic mass is 16.6. The molecule has 1 aromatic rings. The third-order valence-corrected chi connectivity index (χ3v) is 2.78. The molecule has 0 amide bonds. The largest absolute Gasteiger partial charge is 0.486 e. The Morgan fingerprint density at radius 3 is 2.70 bits per heavy atom. The van der Waals surface area contributed by atoms with Crippen molar-refractivity contribution in [2.75, 3.05) is 26.9 Å². The van der Waals surface area contributed by atoms with Crippen molar-refractivity contribution in [2.45, 2.75) is 13.5 Å². The van der Waals surface area contributed by atoms with Crippen molar-refractivity contribution in [3.05, 3.63) is 23.3 Å². The average Bonchev–Trinajstić information content (AvgIpc) is 2.47. The Morgan fingerprint density at radius 1 is 1.25 bits per heavy atom. The summed E-state index contributed by atoms with van der Waals surface area (Å²) >= 11 is 0. The van der Waals surface area contributed by atoms with Gasteiger partial charge in [-0.1, -0.05) is 6.07 Å². The number of methoxy groups -OCH3 is 1. The standard InChI is InChI=1S/C14H16O6/c1-3-18-14(16)12(15)11-9(8-17-2)4-5-10-13(11)20-7-6-19-10/h4-5H,3,6-8H2,1-2H3. The minimum atomic E-state index is -0.910. The molecule has 0 N–H and O–H groups in total. The van der Waals surface area contributed by atoms with E-state index in [4.69, 9.17) is 18.9 Å². The lowest BCUT2D eigenvalue weighted by Crippen LogP contribution is -2.23. The van der Waals surface area contributed by atoms with Crippen LogP contribution in [-0.4, -0.2) is 38.7 Å². The Bertz CT molecular complexity index is 523. The Morgan fingerprint density at radius 2 is 2.00 bits per heavy atom. The molecule has 0 saturated heterocycles. The molecule has 0 fully saturated rings. The van der Waals surface area contributed by atoms with E-state index in [0.717, 1.165) is 0 Å². The zero-order valence-electron chi connectivity index (χ0n) is 11.4. The molecular formula is C14H16O6. The van der Waals surface area contributed by atoms with Gasteiger partial charge in [0, 0.05) is 7.11 Å². The van der Waals surface area contributed by atoms with Crippen LogP contribution in [0, 0.1) is 0 Å². The van der Waals surface area contributed by atoms with E-state index in [1.165, 1.54) is 7.11 Å². The van der Waals surface area contributed by atoms with Gasteiger partial charge in [0.15, 0.2) is 11.5 Å². The van der Waals surface area contributed by atoms with Crippen LogP contribution in [0.15, 0.2) is 12.1 Å². The number of fused-ring (bicyclic) bond motifs is 1. The highest BCUT2D eigenvalue weighted by Gasteiger charge is 2.29. The number of carbonyl (C=O) groups excluding carboxylic acids is 2. The molecule has 20 heavy (non-hydrogen) atoms. The van der Waals surface area contributed by atoms with Crippen LogP contribution in [0.25, 0.3) is 0 Å². The first-order valence-electron chi connectivity index (χ1n) is 6.30. The summed E-state index contributed by atoms with van der Waals surface area (Å²) in [4.78, 5) is 23.9. The second-order valence-corrected chi connectivity index (χ2v) is 4.11. The SMILES string of the molecule is CCOC(=O)C(=O)c1c(COC)ccc2c1OCCO2. The van der Waals surface area contributed by atoms with Crippen molar-refractivity contribution in [1.29, 1.82) is 0 Å². The summed E-state index contributed by atoms with van der Waals surface area (Å²) < 4.78 is 20.7. The molecule has 0 radical (unpaired) electrons. The maximum absolute atomic E-state index is 12.2. The molecule has 1 aliphatic rings. The summed E-state index contributed by atoms with van der Waals surface area (Å²) in [5.74, 6) is -0.929. The van der Waals surface area contributed by atoms with Crippen molar-refractivity contribution in [2.24, 2.45) is 0 Å². The molecule has 0 bridgehead atoms. The summed E-state index contributed by atoms with van der Waals surface area (Å²) in [5.41, 5.74) is 0.720. The molecule has 0 aliphatic carbocycles. The Labute approximate surface area is 116 Å². The second kappa shape index (κ2) is 6.38. The number of carbonyl (C=O) groups is 2. The highest BCUT2D eigenvalue weighted by Crippen LogP contribution is 2.36. The molecule has 2 rings (SSSR count). The molecule has 0 aromatic heterocycles. The van der Waals surface area contributed by atoms with Crippen LogP contribution in [0.5, 0.6) is 11.5 Å². The van der Waals surface area contributed by atoms with Gasteiger partial charge in [-0.15, -0.1) is 0 Å². The van der Waals surface area contributed by atoms with E-state index in [1.54, 1.807) is 19.1 Å². The first-order valence-corrected chi connectivity index (χ1v) is 6.30. The number of ether oxygens (including phenoxy) is 4. The molecule has 1 heterocycles. The van der Waals surface area contributed by atoms with Crippen molar-refractivity contribution in [1.82, 2.24) is 0 Å². The number of hydrogen-bond acceptors (Lipinski definition) is 6. The van der Waals surface area contributed by atoms with Gasteiger partial charge in [-0.2, -0.15) is 0 Å². The van der Waals surface area contributed by atoms with Gasteiger partial charge in [0.05, 0.1) is 18.8 Å². The van der Waals surface area contributed by atoms with Crippen LogP contribution in [-0.2, 0) is 20.9 Å². The van der Waals surface area contributed by atoms with Gasteiger partial charge >= 0.3 is 5.97 Å². The van der Waals surface area contributed by atoms with Crippen LogP contribution in [0.4, 0.5) is 0 Å². The summed E-state index contributed by atoms with van der Waals surface area (Å²) in [6, 6.07) is 3.38. The van der Waals surface area contributed by atoms with E-state index in [9.17, 15) is 9.59 Å². The van der Waals surface area contributed by atoms with Crippen LogP contribution in [0.2, 0.25) is 0 Å². The van der Waals surface area contributed by atoms with Crippen molar-refractivity contribution < 1.29 is 28.5 Å². The first-order chi connectivity index (χ1) is 9.69. The monoisotopic (exact) mass is 280 g/mol. The molecule has 1 aromatic carbocycles. The summed E-state index contributed by atoms with van der Waals surface area (Å²) in [7, 11) is 1.51. The topological polar surface area (TPSA) is 71.1 Å². The number of ketones is 1. The number of Topliss-reactive ketones (excluding diaryl/α,β-unsaturated/α-hetero) is 1. The number of hydrogen-bond donors (Lipinski definition) is 0. The Kier molecular flexibility index (Phi) is 4.57. The van der Waals surface area contributed by atoms with E-state index >= 15 is 0 Å². The zero-order chi connectivity index (χ0) is 14.5. The van der Waals surface area contributed by atoms with Crippen LogP contribution >= 0.6 is 0 Å². The molecule has 6 heteroatoms. The molecule has 0 saturated carbocycles. The van der Waals surface area contributed by atoms with Crippen molar-refractivity contribution >= 4 is 11.8 Å².